The van der Waals surface area contributed by atoms with E-state index >= 15 is 0 Å². The van der Waals surface area contributed by atoms with Gasteiger partial charge >= 0.3 is 0 Å². The molecule has 1 aliphatic rings. The summed E-state index contributed by atoms with van der Waals surface area (Å²) < 4.78 is 24.9. The second-order valence-corrected chi connectivity index (χ2v) is 8.18. The van der Waals surface area contributed by atoms with Crippen molar-refractivity contribution in [1.29, 1.82) is 0 Å². The highest BCUT2D eigenvalue weighted by Gasteiger charge is 2.45. The maximum atomic E-state index is 13.4. The summed E-state index contributed by atoms with van der Waals surface area (Å²) in [5, 5.41) is 11.0. The number of ketones is 1. The van der Waals surface area contributed by atoms with Crippen molar-refractivity contribution >= 4 is 17.4 Å². The van der Waals surface area contributed by atoms with E-state index in [1.54, 1.807) is 18.2 Å². The van der Waals surface area contributed by atoms with Gasteiger partial charge in [0.1, 0.15) is 18.2 Å². The molecule has 3 aromatic rings. The smallest absolute Gasteiger partial charge is 0.295 e. The number of carbonyl (C=O) groups is 2. The van der Waals surface area contributed by atoms with Crippen molar-refractivity contribution in [2.24, 2.45) is 0 Å². The molecule has 1 amide bonds. The van der Waals surface area contributed by atoms with Crippen molar-refractivity contribution in [1.82, 2.24) is 4.90 Å². The molecule has 1 aliphatic heterocycles. The summed E-state index contributed by atoms with van der Waals surface area (Å²) in [7, 11) is 1.51. The first-order valence-electron chi connectivity index (χ1n) is 11.3. The standard InChI is InChI=1S/C28H26FNO5/c1-3-15-30-25(24(27(32)28(30)33)26(31)19-9-12-21(29)13-10-19)20-11-14-22(23(16-20)34-2)35-17-18-7-5-4-6-8-18/h4-14,16,25,31H,3,15,17H2,1-2H3/b26-24-. The van der Waals surface area contributed by atoms with Gasteiger partial charge in [0, 0.05) is 12.1 Å². The Morgan fingerprint density at radius 1 is 1.00 bits per heavy atom. The number of Topliss-reactive ketones (excluding diaryl/α,β-unsaturated/α-hetero) is 1. The van der Waals surface area contributed by atoms with Crippen LogP contribution < -0.4 is 9.47 Å². The van der Waals surface area contributed by atoms with Gasteiger partial charge in [-0.15, -0.1) is 0 Å². The molecule has 7 heteroatoms. The van der Waals surface area contributed by atoms with Crippen molar-refractivity contribution in [2.75, 3.05) is 13.7 Å². The molecule has 0 aliphatic carbocycles. The molecule has 1 N–H and O–H groups in total. The summed E-state index contributed by atoms with van der Waals surface area (Å²) >= 11 is 0. The Bertz CT molecular complexity index is 1250. The van der Waals surface area contributed by atoms with Crippen molar-refractivity contribution in [3.05, 3.63) is 101 Å². The van der Waals surface area contributed by atoms with E-state index in [4.69, 9.17) is 9.47 Å². The lowest BCUT2D eigenvalue weighted by atomic mass is 9.95. The largest absolute Gasteiger partial charge is 0.507 e. The molecule has 1 unspecified atom stereocenters. The lowest BCUT2D eigenvalue weighted by Crippen LogP contribution is -2.30. The average molecular weight is 476 g/mol. The number of amides is 1. The Labute approximate surface area is 203 Å². The first-order valence-corrected chi connectivity index (χ1v) is 11.3. The van der Waals surface area contributed by atoms with Crippen LogP contribution in [-0.4, -0.2) is 35.4 Å². The van der Waals surface area contributed by atoms with Crippen molar-refractivity contribution in [3.63, 3.8) is 0 Å². The number of benzene rings is 3. The van der Waals surface area contributed by atoms with Gasteiger partial charge in [0.05, 0.1) is 18.7 Å². The summed E-state index contributed by atoms with van der Waals surface area (Å²) in [5.74, 6) is -1.36. The van der Waals surface area contributed by atoms with E-state index in [-0.39, 0.29) is 16.9 Å². The fraction of sp³-hybridized carbons (Fsp3) is 0.214. The van der Waals surface area contributed by atoms with Gasteiger partial charge < -0.3 is 19.5 Å². The molecular formula is C28H26FNO5. The summed E-state index contributed by atoms with van der Waals surface area (Å²) in [6.07, 6.45) is 0.621. The van der Waals surface area contributed by atoms with Gasteiger partial charge in [0.15, 0.2) is 11.5 Å². The van der Waals surface area contributed by atoms with Crippen LogP contribution in [0, 0.1) is 5.82 Å². The monoisotopic (exact) mass is 475 g/mol. The Balaban J connectivity index is 1.74. The van der Waals surface area contributed by atoms with Gasteiger partial charge in [0.2, 0.25) is 0 Å². The first-order chi connectivity index (χ1) is 16.9. The first kappa shape index (κ1) is 24.0. The van der Waals surface area contributed by atoms with Crippen LogP contribution in [0.2, 0.25) is 0 Å². The number of hydrogen-bond acceptors (Lipinski definition) is 5. The fourth-order valence-corrected chi connectivity index (χ4v) is 4.17. The molecule has 0 radical (unpaired) electrons. The van der Waals surface area contributed by atoms with Gasteiger partial charge in [-0.1, -0.05) is 43.3 Å². The normalized spacial score (nSPS) is 17.0. The zero-order chi connectivity index (χ0) is 24.9. The van der Waals surface area contributed by atoms with Crippen LogP contribution in [-0.2, 0) is 16.2 Å². The number of carbonyl (C=O) groups excluding carboxylic acids is 2. The SMILES string of the molecule is CCCN1C(=O)C(=O)/C(=C(\O)c2ccc(F)cc2)C1c1ccc(OCc2ccccc2)c(OC)c1. The second kappa shape index (κ2) is 10.4. The molecule has 0 saturated carbocycles. The van der Waals surface area contributed by atoms with Crippen LogP contribution in [0.4, 0.5) is 4.39 Å². The third kappa shape index (κ3) is 4.89. The maximum absolute atomic E-state index is 13.4. The molecule has 180 valence electrons. The highest BCUT2D eigenvalue weighted by atomic mass is 19.1. The van der Waals surface area contributed by atoms with E-state index in [0.29, 0.717) is 36.6 Å². The highest BCUT2D eigenvalue weighted by molar-refractivity contribution is 6.46. The number of hydrogen-bond donors (Lipinski definition) is 1. The maximum Gasteiger partial charge on any atom is 0.295 e. The molecule has 1 fully saturated rings. The number of nitrogens with zero attached hydrogens (tertiary/aromatic N) is 1. The second-order valence-electron chi connectivity index (χ2n) is 8.18. The molecule has 0 aromatic heterocycles. The molecular weight excluding hydrogens is 449 g/mol. The zero-order valence-corrected chi connectivity index (χ0v) is 19.5. The van der Waals surface area contributed by atoms with Crippen molar-refractivity contribution in [3.8, 4) is 11.5 Å². The number of aliphatic hydroxyl groups excluding tert-OH is 1. The zero-order valence-electron chi connectivity index (χ0n) is 19.5. The summed E-state index contributed by atoms with van der Waals surface area (Å²) in [6, 6.07) is 19.2. The minimum atomic E-state index is -0.822. The van der Waals surface area contributed by atoms with Crippen LogP contribution in [0.15, 0.2) is 78.4 Å². The topological polar surface area (TPSA) is 76.1 Å². The minimum Gasteiger partial charge on any atom is -0.507 e. The third-order valence-corrected chi connectivity index (χ3v) is 5.86. The van der Waals surface area contributed by atoms with Gasteiger partial charge in [-0.05, 0) is 53.9 Å². The van der Waals surface area contributed by atoms with Crippen molar-refractivity contribution < 1.29 is 28.6 Å². The van der Waals surface area contributed by atoms with E-state index < -0.39 is 23.5 Å². The third-order valence-electron chi connectivity index (χ3n) is 5.86. The molecule has 35 heavy (non-hydrogen) atoms. The predicted molar refractivity (Wildman–Crippen MR) is 129 cm³/mol. The molecule has 4 rings (SSSR count). The van der Waals surface area contributed by atoms with E-state index in [9.17, 15) is 19.1 Å². The van der Waals surface area contributed by atoms with Gasteiger partial charge in [-0.3, -0.25) is 9.59 Å². The summed E-state index contributed by atoms with van der Waals surface area (Å²) in [6.45, 7) is 2.57. The lowest BCUT2D eigenvalue weighted by molar-refractivity contribution is -0.139. The lowest BCUT2D eigenvalue weighted by Gasteiger charge is -2.25. The molecule has 3 aromatic carbocycles. The fourth-order valence-electron chi connectivity index (χ4n) is 4.17. The van der Waals surface area contributed by atoms with Gasteiger partial charge in [0.25, 0.3) is 11.7 Å². The van der Waals surface area contributed by atoms with Crippen molar-refractivity contribution in [2.45, 2.75) is 26.0 Å². The Morgan fingerprint density at radius 2 is 1.71 bits per heavy atom. The van der Waals surface area contributed by atoms with E-state index in [1.165, 1.54) is 36.3 Å². The number of likely N-dealkylation sites (tertiary alicyclic amines) is 1. The average Bonchev–Trinajstić information content (AvgIpc) is 3.13. The number of aliphatic hydroxyl groups is 1. The van der Waals surface area contributed by atoms with Crippen LogP contribution in [0.25, 0.3) is 5.76 Å². The Kier molecular flexibility index (Phi) is 7.15. The molecule has 1 heterocycles. The molecule has 6 nitrogen and oxygen atoms in total. The van der Waals surface area contributed by atoms with E-state index in [0.717, 1.165) is 5.56 Å². The summed E-state index contributed by atoms with van der Waals surface area (Å²) in [4.78, 5) is 27.3. The molecule has 0 bridgehead atoms. The number of ether oxygens (including phenoxy) is 2. The van der Waals surface area contributed by atoms with Crippen LogP contribution in [0.3, 0.4) is 0 Å². The van der Waals surface area contributed by atoms with Gasteiger partial charge in [-0.25, -0.2) is 4.39 Å². The molecule has 1 atom stereocenters. The Morgan fingerprint density at radius 3 is 2.37 bits per heavy atom. The van der Waals surface area contributed by atoms with E-state index in [2.05, 4.69) is 0 Å². The quantitative estimate of drug-likeness (QED) is 0.274. The Hall–Kier alpha value is -4.13. The van der Waals surface area contributed by atoms with Crippen LogP contribution in [0.1, 0.15) is 36.1 Å². The highest BCUT2D eigenvalue weighted by Crippen LogP contribution is 2.42. The molecule has 0 spiro atoms. The van der Waals surface area contributed by atoms with E-state index in [1.807, 2.05) is 37.3 Å². The number of methoxy groups -OCH3 is 1. The predicted octanol–water partition coefficient (Wildman–Crippen LogP) is 5.25. The summed E-state index contributed by atoms with van der Waals surface area (Å²) in [5.41, 5.74) is 1.79. The van der Waals surface area contributed by atoms with Crippen LogP contribution >= 0.6 is 0 Å². The van der Waals surface area contributed by atoms with Crippen LogP contribution in [0.5, 0.6) is 11.5 Å². The minimum absolute atomic E-state index is 0.0462. The van der Waals surface area contributed by atoms with Gasteiger partial charge in [-0.2, -0.15) is 0 Å². The number of rotatable bonds is 8. The number of halogens is 1. The molecule has 1 saturated heterocycles.